The average molecular weight is 307 g/mol. The van der Waals surface area contributed by atoms with E-state index in [2.05, 4.69) is 10.3 Å². The van der Waals surface area contributed by atoms with Crippen LogP contribution in [0.15, 0.2) is 53.5 Å². The molecule has 4 heteroatoms. The van der Waals surface area contributed by atoms with Crippen LogP contribution in [0.3, 0.4) is 0 Å². The number of benzene rings is 2. The van der Waals surface area contributed by atoms with E-state index >= 15 is 0 Å². The summed E-state index contributed by atoms with van der Waals surface area (Å²) in [6, 6.07) is 15.6. The zero-order valence-electron chi connectivity index (χ0n) is 13.5. The Morgan fingerprint density at radius 1 is 1.09 bits per heavy atom. The van der Waals surface area contributed by atoms with Crippen LogP contribution in [-0.2, 0) is 0 Å². The van der Waals surface area contributed by atoms with E-state index < -0.39 is 0 Å². The number of nitrogens with one attached hydrogen (secondary N) is 1. The van der Waals surface area contributed by atoms with E-state index in [1.165, 1.54) is 5.56 Å². The van der Waals surface area contributed by atoms with Crippen LogP contribution >= 0.6 is 0 Å². The summed E-state index contributed by atoms with van der Waals surface area (Å²) in [7, 11) is 0. The summed E-state index contributed by atoms with van der Waals surface area (Å²) in [5, 5.41) is 2.97. The van der Waals surface area contributed by atoms with Gasteiger partial charge in [0.2, 0.25) is 0 Å². The maximum atomic E-state index is 12.8. The van der Waals surface area contributed by atoms with Crippen LogP contribution in [0.5, 0.6) is 0 Å². The minimum atomic E-state index is -0.167. The molecule has 118 valence electrons. The molecule has 0 saturated heterocycles. The first-order valence-electron chi connectivity index (χ1n) is 7.91. The van der Waals surface area contributed by atoms with E-state index in [1.54, 1.807) is 4.90 Å². The fourth-order valence-corrected chi connectivity index (χ4v) is 2.67. The quantitative estimate of drug-likeness (QED) is 0.870. The van der Waals surface area contributed by atoms with Crippen molar-refractivity contribution in [2.75, 3.05) is 16.8 Å². The van der Waals surface area contributed by atoms with Gasteiger partial charge in [0, 0.05) is 18.7 Å². The van der Waals surface area contributed by atoms with Gasteiger partial charge in [-0.25, -0.2) is 4.79 Å². The number of carbonyl (C=O) groups is 1. The highest BCUT2D eigenvalue weighted by Crippen LogP contribution is 2.22. The maximum Gasteiger partial charge on any atom is 0.331 e. The highest BCUT2D eigenvalue weighted by molar-refractivity contribution is 6.20. The van der Waals surface area contributed by atoms with Crippen molar-refractivity contribution >= 4 is 23.2 Å². The molecule has 0 unspecified atom stereocenters. The molecule has 0 aliphatic carbocycles. The summed E-state index contributed by atoms with van der Waals surface area (Å²) in [6.45, 7) is 4.84. The Morgan fingerprint density at radius 3 is 2.52 bits per heavy atom. The molecule has 0 saturated carbocycles. The molecule has 0 aromatic heterocycles. The van der Waals surface area contributed by atoms with E-state index in [0.29, 0.717) is 0 Å². The van der Waals surface area contributed by atoms with Gasteiger partial charge in [-0.15, -0.1) is 0 Å². The van der Waals surface area contributed by atoms with Crippen molar-refractivity contribution in [2.45, 2.75) is 26.7 Å². The number of hydrogen-bond acceptors (Lipinski definition) is 2. The minimum absolute atomic E-state index is 0.167. The van der Waals surface area contributed by atoms with Gasteiger partial charge in [0.15, 0.2) is 0 Å². The number of nitrogens with zero attached hydrogens (tertiary/aromatic N) is 2. The Morgan fingerprint density at radius 2 is 1.87 bits per heavy atom. The van der Waals surface area contributed by atoms with Crippen LogP contribution in [-0.4, -0.2) is 18.4 Å². The van der Waals surface area contributed by atoms with Crippen molar-refractivity contribution in [1.29, 1.82) is 0 Å². The van der Waals surface area contributed by atoms with Crippen molar-refractivity contribution in [2.24, 2.45) is 4.99 Å². The first kappa shape index (κ1) is 15.3. The summed E-state index contributed by atoms with van der Waals surface area (Å²) in [5.41, 5.74) is 3.93. The van der Waals surface area contributed by atoms with E-state index in [0.717, 1.165) is 42.2 Å². The summed E-state index contributed by atoms with van der Waals surface area (Å²) < 4.78 is 0. The molecule has 4 nitrogen and oxygen atoms in total. The molecule has 0 radical (unpaired) electrons. The number of aliphatic imine (C=N–C) groups is 1. The van der Waals surface area contributed by atoms with Gasteiger partial charge in [-0.05, 0) is 50.1 Å². The highest BCUT2D eigenvalue weighted by atomic mass is 16.2. The zero-order valence-corrected chi connectivity index (χ0v) is 13.5. The number of anilines is 2. The monoisotopic (exact) mass is 307 g/mol. The van der Waals surface area contributed by atoms with Crippen molar-refractivity contribution in [3.8, 4) is 0 Å². The molecule has 1 aliphatic rings. The fraction of sp³-hybridized carbons (Fsp3) is 0.263. The van der Waals surface area contributed by atoms with Gasteiger partial charge >= 0.3 is 6.03 Å². The van der Waals surface area contributed by atoms with Crippen LogP contribution in [0.2, 0.25) is 0 Å². The molecule has 23 heavy (non-hydrogen) atoms. The summed E-state index contributed by atoms with van der Waals surface area (Å²) in [4.78, 5) is 19.0. The van der Waals surface area contributed by atoms with Crippen molar-refractivity contribution in [3.63, 3.8) is 0 Å². The lowest BCUT2D eigenvalue weighted by Crippen LogP contribution is -2.39. The SMILES string of the molecule is Cc1ccc(NC(=O)N(C2=NCCC2)c2cccc(C)c2)cc1. The first-order valence-corrected chi connectivity index (χ1v) is 7.91. The van der Waals surface area contributed by atoms with Crippen molar-refractivity contribution in [1.82, 2.24) is 0 Å². The molecule has 2 amide bonds. The van der Waals surface area contributed by atoms with Gasteiger partial charge in [-0.2, -0.15) is 0 Å². The van der Waals surface area contributed by atoms with Crippen LogP contribution < -0.4 is 10.2 Å². The van der Waals surface area contributed by atoms with Gasteiger partial charge in [0.1, 0.15) is 5.84 Å². The summed E-state index contributed by atoms with van der Waals surface area (Å²) in [5.74, 6) is 0.834. The van der Waals surface area contributed by atoms with Gasteiger partial charge in [0.25, 0.3) is 0 Å². The number of amides is 2. The third kappa shape index (κ3) is 3.59. The lowest BCUT2D eigenvalue weighted by Gasteiger charge is -2.23. The Labute approximate surface area is 136 Å². The molecule has 1 N–H and O–H groups in total. The topological polar surface area (TPSA) is 44.7 Å². The van der Waals surface area contributed by atoms with E-state index in [4.69, 9.17) is 0 Å². The number of carbonyl (C=O) groups excluding carboxylic acids is 1. The molecular formula is C19H21N3O. The molecule has 2 aromatic rings. The van der Waals surface area contributed by atoms with Crippen LogP contribution in [0.4, 0.5) is 16.2 Å². The average Bonchev–Trinajstić information content (AvgIpc) is 3.04. The van der Waals surface area contributed by atoms with Gasteiger partial charge < -0.3 is 5.32 Å². The van der Waals surface area contributed by atoms with Crippen LogP contribution in [0.1, 0.15) is 24.0 Å². The Balaban J connectivity index is 1.88. The molecule has 3 rings (SSSR count). The smallest absolute Gasteiger partial charge is 0.307 e. The third-order valence-electron chi connectivity index (χ3n) is 3.88. The van der Waals surface area contributed by atoms with Crippen molar-refractivity contribution < 1.29 is 4.79 Å². The molecule has 0 bridgehead atoms. The fourth-order valence-electron chi connectivity index (χ4n) is 2.67. The minimum Gasteiger partial charge on any atom is -0.307 e. The highest BCUT2D eigenvalue weighted by Gasteiger charge is 2.23. The molecule has 1 aliphatic heterocycles. The molecular weight excluding hydrogens is 286 g/mol. The van der Waals surface area contributed by atoms with Gasteiger partial charge in [-0.1, -0.05) is 29.8 Å². The molecule has 0 fully saturated rings. The van der Waals surface area contributed by atoms with E-state index in [9.17, 15) is 4.79 Å². The summed E-state index contributed by atoms with van der Waals surface area (Å²) >= 11 is 0. The first-order chi connectivity index (χ1) is 11.1. The largest absolute Gasteiger partial charge is 0.331 e. The van der Waals surface area contributed by atoms with Crippen molar-refractivity contribution in [3.05, 3.63) is 59.7 Å². The number of urea groups is 1. The second-order valence-corrected chi connectivity index (χ2v) is 5.87. The van der Waals surface area contributed by atoms with Crippen LogP contribution in [0, 0.1) is 13.8 Å². The zero-order chi connectivity index (χ0) is 16.2. The molecule has 2 aromatic carbocycles. The standard InChI is InChI=1S/C19H21N3O/c1-14-8-10-16(11-9-14)21-19(23)22(18-7-4-12-20-18)17-6-3-5-15(2)13-17/h3,5-6,8-11,13H,4,7,12H2,1-2H3,(H,21,23). The number of aryl methyl sites for hydroxylation is 2. The van der Waals surface area contributed by atoms with E-state index in [1.807, 2.05) is 62.4 Å². The second kappa shape index (κ2) is 6.65. The van der Waals surface area contributed by atoms with Gasteiger partial charge in [0.05, 0.1) is 5.69 Å². The van der Waals surface area contributed by atoms with Crippen LogP contribution in [0.25, 0.3) is 0 Å². The van der Waals surface area contributed by atoms with Gasteiger partial charge in [-0.3, -0.25) is 9.89 Å². The lowest BCUT2D eigenvalue weighted by atomic mass is 10.2. The normalized spacial score (nSPS) is 13.6. The summed E-state index contributed by atoms with van der Waals surface area (Å²) in [6.07, 6.45) is 1.82. The predicted molar refractivity (Wildman–Crippen MR) is 95.4 cm³/mol. The third-order valence-corrected chi connectivity index (χ3v) is 3.88. The Bertz CT molecular complexity index is 735. The molecule has 1 heterocycles. The predicted octanol–water partition coefficient (Wildman–Crippen LogP) is 4.53. The molecule has 0 spiro atoms. The number of amidine groups is 1. The number of hydrogen-bond donors (Lipinski definition) is 1. The lowest BCUT2D eigenvalue weighted by molar-refractivity contribution is 0.259. The number of rotatable bonds is 2. The Hall–Kier alpha value is -2.62. The molecule has 0 atom stereocenters. The second-order valence-electron chi connectivity index (χ2n) is 5.87. The Kier molecular flexibility index (Phi) is 4.42. The maximum absolute atomic E-state index is 12.8. The van der Waals surface area contributed by atoms with E-state index in [-0.39, 0.29) is 6.03 Å².